The van der Waals surface area contributed by atoms with Crippen LogP contribution in [0.5, 0.6) is 0 Å². The number of likely N-dealkylation sites (tertiary alicyclic amines) is 1. The molecule has 0 saturated carbocycles. The van der Waals surface area contributed by atoms with Crippen LogP contribution >= 0.6 is 11.8 Å². The Labute approximate surface area is 133 Å². The number of benzene rings is 1. The number of carboxylic acids is 1. The monoisotopic (exact) mass is 321 g/mol. The van der Waals surface area contributed by atoms with E-state index in [4.69, 9.17) is 4.74 Å². The van der Waals surface area contributed by atoms with Crippen molar-refractivity contribution in [2.75, 3.05) is 24.6 Å². The van der Waals surface area contributed by atoms with Crippen LogP contribution in [0.15, 0.2) is 30.3 Å². The standard InChI is InChI=1S/C16H19NO4S/c18-14(19)13-8-17(10-16(13)6-7-22-11-16)15(20)21-9-12-4-2-1-3-5-12/h1-5,13H,6-11H2,(H,18,19). The van der Waals surface area contributed by atoms with Crippen molar-refractivity contribution in [2.24, 2.45) is 11.3 Å². The lowest BCUT2D eigenvalue weighted by Crippen LogP contribution is -2.35. The fourth-order valence-electron chi connectivity index (χ4n) is 3.28. The smallest absolute Gasteiger partial charge is 0.410 e. The van der Waals surface area contributed by atoms with E-state index >= 15 is 0 Å². The summed E-state index contributed by atoms with van der Waals surface area (Å²) in [6.45, 7) is 0.962. The summed E-state index contributed by atoms with van der Waals surface area (Å²) in [5.74, 6) is 0.496. The summed E-state index contributed by atoms with van der Waals surface area (Å²) in [4.78, 5) is 25.3. The SMILES string of the molecule is O=C(O)C1CN(C(=O)OCc2ccccc2)CC12CCSC2. The Kier molecular flexibility index (Phi) is 4.29. The van der Waals surface area contributed by atoms with E-state index < -0.39 is 18.0 Å². The highest BCUT2D eigenvalue weighted by atomic mass is 32.2. The number of carbonyl (C=O) groups is 2. The number of thioether (sulfide) groups is 1. The average Bonchev–Trinajstić information content (AvgIpc) is 3.14. The molecule has 1 amide bonds. The molecule has 0 radical (unpaired) electrons. The number of hydrogen-bond donors (Lipinski definition) is 1. The first kappa shape index (κ1) is 15.2. The highest BCUT2D eigenvalue weighted by Gasteiger charge is 2.53. The Morgan fingerprint density at radius 3 is 2.77 bits per heavy atom. The molecule has 3 rings (SSSR count). The fraction of sp³-hybridized carbons (Fsp3) is 0.500. The van der Waals surface area contributed by atoms with Crippen LogP contribution in [0.25, 0.3) is 0 Å². The molecule has 1 N–H and O–H groups in total. The Hall–Kier alpha value is -1.69. The van der Waals surface area contributed by atoms with E-state index in [9.17, 15) is 14.7 Å². The number of rotatable bonds is 3. The summed E-state index contributed by atoms with van der Waals surface area (Å²) in [6.07, 6.45) is 0.445. The number of amides is 1. The second kappa shape index (κ2) is 6.20. The van der Waals surface area contributed by atoms with Gasteiger partial charge in [-0.2, -0.15) is 11.8 Å². The van der Waals surface area contributed by atoms with E-state index in [1.807, 2.05) is 30.3 Å². The fourth-order valence-corrected chi connectivity index (χ4v) is 4.82. The van der Waals surface area contributed by atoms with Crippen molar-refractivity contribution in [3.63, 3.8) is 0 Å². The Bertz CT molecular complexity index is 557. The maximum Gasteiger partial charge on any atom is 0.410 e. The molecule has 1 aromatic carbocycles. The Balaban J connectivity index is 1.63. The molecule has 0 bridgehead atoms. The van der Waals surface area contributed by atoms with E-state index in [2.05, 4.69) is 0 Å². The summed E-state index contributed by atoms with van der Waals surface area (Å²) < 4.78 is 5.33. The summed E-state index contributed by atoms with van der Waals surface area (Å²) in [5, 5.41) is 9.46. The minimum absolute atomic E-state index is 0.218. The molecule has 2 aliphatic rings. The molecule has 2 aliphatic heterocycles. The van der Waals surface area contributed by atoms with Gasteiger partial charge in [-0.3, -0.25) is 4.79 Å². The number of carbonyl (C=O) groups excluding carboxylic acids is 1. The van der Waals surface area contributed by atoms with E-state index in [0.29, 0.717) is 6.54 Å². The zero-order valence-corrected chi connectivity index (χ0v) is 13.1. The lowest BCUT2D eigenvalue weighted by atomic mass is 9.78. The third-order valence-electron chi connectivity index (χ3n) is 4.54. The second-order valence-electron chi connectivity index (χ2n) is 5.98. The van der Waals surface area contributed by atoms with Crippen molar-refractivity contribution in [2.45, 2.75) is 13.0 Å². The Morgan fingerprint density at radius 1 is 1.36 bits per heavy atom. The predicted octanol–water partition coefficient (Wildman–Crippen LogP) is 2.46. The van der Waals surface area contributed by atoms with Gasteiger partial charge in [0.15, 0.2) is 0 Å². The van der Waals surface area contributed by atoms with Crippen molar-refractivity contribution < 1.29 is 19.4 Å². The van der Waals surface area contributed by atoms with E-state index in [0.717, 1.165) is 23.5 Å². The highest BCUT2D eigenvalue weighted by Crippen LogP contribution is 2.47. The molecule has 118 valence electrons. The molecule has 2 saturated heterocycles. The minimum Gasteiger partial charge on any atom is -0.481 e. The topological polar surface area (TPSA) is 66.8 Å². The van der Waals surface area contributed by atoms with Crippen LogP contribution in [0.1, 0.15) is 12.0 Å². The lowest BCUT2D eigenvalue weighted by molar-refractivity contribution is -0.144. The highest BCUT2D eigenvalue weighted by molar-refractivity contribution is 7.99. The molecule has 22 heavy (non-hydrogen) atoms. The van der Waals surface area contributed by atoms with Gasteiger partial charge in [-0.15, -0.1) is 0 Å². The molecule has 1 aromatic rings. The van der Waals surface area contributed by atoms with Crippen LogP contribution in [-0.4, -0.2) is 46.7 Å². The normalized spacial score (nSPS) is 27.3. The minimum atomic E-state index is -0.805. The van der Waals surface area contributed by atoms with E-state index in [1.165, 1.54) is 0 Å². The summed E-state index contributed by atoms with van der Waals surface area (Å²) in [7, 11) is 0. The van der Waals surface area contributed by atoms with Gasteiger partial charge in [-0.05, 0) is 17.7 Å². The van der Waals surface area contributed by atoms with Crippen molar-refractivity contribution in [3.05, 3.63) is 35.9 Å². The third kappa shape index (κ3) is 2.92. The van der Waals surface area contributed by atoms with Gasteiger partial charge in [-0.1, -0.05) is 30.3 Å². The second-order valence-corrected chi connectivity index (χ2v) is 7.08. The van der Waals surface area contributed by atoms with E-state index in [1.54, 1.807) is 16.7 Å². The van der Waals surface area contributed by atoms with Gasteiger partial charge in [0, 0.05) is 24.3 Å². The summed E-state index contributed by atoms with van der Waals surface area (Å²) >= 11 is 1.77. The number of aliphatic carboxylic acids is 1. The quantitative estimate of drug-likeness (QED) is 0.926. The van der Waals surface area contributed by atoms with Crippen LogP contribution in [0.3, 0.4) is 0 Å². The van der Waals surface area contributed by atoms with Crippen molar-refractivity contribution in [1.82, 2.24) is 4.90 Å². The molecule has 2 heterocycles. The molecule has 1 spiro atoms. The molecule has 0 aliphatic carbocycles. The zero-order valence-electron chi connectivity index (χ0n) is 12.2. The average molecular weight is 321 g/mol. The van der Waals surface area contributed by atoms with Crippen LogP contribution in [0, 0.1) is 11.3 Å². The number of carboxylic acid groups (broad SMARTS) is 1. The molecule has 0 aromatic heterocycles. The molecule has 2 atom stereocenters. The van der Waals surface area contributed by atoms with E-state index in [-0.39, 0.29) is 18.6 Å². The number of ether oxygens (including phenoxy) is 1. The summed E-state index contributed by atoms with van der Waals surface area (Å²) in [5.41, 5.74) is 0.651. The van der Waals surface area contributed by atoms with Gasteiger partial charge in [0.05, 0.1) is 5.92 Å². The Morgan fingerprint density at radius 2 is 2.14 bits per heavy atom. The van der Waals surface area contributed by atoms with Crippen molar-refractivity contribution in [3.8, 4) is 0 Å². The molecule has 5 nitrogen and oxygen atoms in total. The van der Waals surface area contributed by atoms with Crippen molar-refractivity contribution >= 4 is 23.8 Å². The van der Waals surface area contributed by atoms with Gasteiger partial charge in [0.2, 0.25) is 0 Å². The first-order valence-corrected chi connectivity index (χ1v) is 8.52. The van der Waals surface area contributed by atoms with Gasteiger partial charge in [-0.25, -0.2) is 4.79 Å². The van der Waals surface area contributed by atoms with Crippen LogP contribution in [0.2, 0.25) is 0 Å². The number of nitrogens with zero attached hydrogens (tertiary/aromatic N) is 1. The molecular formula is C16H19NO4S. The van der Waals surface area contributed by atoms with Crippen molar-refractivity contribution in [1.29, 1.82) is 0 Å². The van der Waals surface area contributed by atoms with Gasteiger partial charge in [0.25, 0.3) is 0 Å². The van der Waals surface area contributed by atoms with Crippen LogP contribution < -0.4 is 0 Å². The van der Waals surface area contributed by atoms with Gasteiger partial charge in [0.1, 0.15) is 6.61 Å². The summed E-state index contributed by atoms with van der Waals surface area (Å²) in [6, 6.07) is 9.48. The van der Waals surface area contributed by atoms with Crippen LogP contribution in [0.4, 0.5) is 4.79 Å². The van der Waals surface area contributed by atoms with Crippen LogP contribution in [-0.2, 0) is 16.1 Å². The third-order valence-corrected chi connectivity index (χ3v) is 5.81. The molecule has 6 heteroatoms. The largest absolute Gasteiger partial charge is 0.481 e. The first-order chi connectivity index (χ1) is 10.6. The number of hydrogen-bond acceptors (Lipinski definition) is 4. The molecular weight excluding hydrogens is 302 g/mol. The zero-order chi connectivity index (χ0) is 15.6. The predicted molar refractivity (Wildman–Crippen MR) is 83.7 cm³/mol. The lowest BCUT2D eigenvalue weighted by Gasteiger charge is -2.25. The van der Waals surface area contributed by atoms with Gasteiger partial charge >= 0.3 is 12.1 Å². The molecule has 2 unspecified atom stereocenters. The molecule has 2 fully saturated rings. The maximum absolute atomic E-state index is 12.2. The van der Waals surface area contributed by atoms with Gasteiger partial charge < -0.3 is 14.7 Å². The maximum atomic E-state index is 12.2. The first-order valence-electron chi connectivity index (χ1n) is 7.37.